The largest absolute Gasteiger partial charge is 0.370 e. The Morgan fingerprint density at radius 1 is 1.33 bits per heavy atom. The maximum absolute atomic E-state index is 5.73. The Kier molecular flexibility index (Phi) is 5.75. The van der Waals surface area contributed by atoms with Crippen LogP contribution < -0.4 is 5.32 Å². The van der Waals surface area contributed by atoms with Gasteiger partial charge in [0.15, 0.2) is 0 Å². The minimum Gasteiger partial charge on any atom is -0.370 e. The molecule has 18 heavy (non-hydrogen) atoms. The first-order valence-corrected chi connectivity index (χ1v) is 6.63. The van der Waals surface area contributed by atoms with Crippen molar-refractivity contribution in [2.24, 2.45) is 5.41 Å². The SMILES string of the molecule is CCNCCc1nc(C(OCC)C(C)(C)C)no1. The Bertz CT molecular complexity index is 344. The molecule has 0 spiro atoms. The monoisotopic (exact) mass is 255 g/mol. The van der Waals surface area contributed by atoms with Crippen LogP contribution in [0, 0.1) is 5.41 Å². The maximum Gasteiger partial charge on any atom is 0.228 e. The Hall–Kier alpha value is -0.940. The minimum atomic E-state index is -0.126. The van der Waals surface area contributed by atoms with Gasteiger partial charge >= 0.3 is 0 Å². The zero-order chi connectivity index (χ0) is 13.6. The predicted octanol–water partition coefficient (Wildman–Crippen LogP) is 2.35. The summed E-state index contributed by atoms with van der Waals surface area (Å²) in [5.41, 5.74) is -0.0428. The van der Waals surface area contributed by atoms with Gasteiger partial charge in [0.05, 0.1) is 0 Å². The molecule has 1 rings (SSSR count). The van der Waals surface area contributed by atoms with Crippen molar-refractivity contribution in [1.82, 2.24) is 15.5 Å². The standard InChI is InChI=1S/C13H25N3O2/c1-6-14-9-8-10-15-12(16-18-10)11(17-7-2)13(3,4)5/h11,14H,6-9H2,1-5H3. The third kappa shape index (κ3) is 4.38. The highest BCUT2D eigenvalue weighted by atomic mass is 16.5. The topological polar surface area (TPSA) is 60.2 Å². The molecule has 1 aromatic rings. The lowest BCUT2D eigenvalue weighted by atomic mass is 9.88. The van der Waals surface area contributed by atoms with Crippen LogP contribution in [0.15, 0.2) is 4.52 Å². The first-order valence-electron chi connectivity index (χ1n) is 6.63. The zero-order valence-electron chi connectivity index (χ0n) is 12.1. The van der Waals surface area contributed by atoms with Crippen LogP contribution in [0.3, 0.4) is 0 Å². The molecule has 1 heterocycles. The lowest BCUT2D eigenvalue weighted by molar-refractivity contribution is -0.0203. The summed E-state index contributed by atoms with van der Waals surface area (Å²) in [5.74, 6) is 1.32. The van der Waals surface area contributed by atoms with Crippen molar-refractivity contribution >= 4 is 0 Å². The third-order valence-electron chi connectivity index (χ3n) is 2.60. The molecule has 1 unspecified atom stereocenters. The summed E-state index contributed by atoms with van der Waals surface area (Å²) in [6.07, 6.45) is 0.628. The van der Waals surface area contributed by atoms with Gasteiger partial charge in [0.1, 0.15) is 6.10 Å². The molecule has 0 aliphatic rings. The Morgan fingerprint density at radius 3 is 2.61 bits per heavy atom. The second-order valence-electron chi connectivity index (χ2n) is 5.35. The van der Waals surface area contributed by atoms with Crippen LogP contribution in [0.25, 0.3) is 0 Å². The number of hydrogen-bond acceptors (Lipinski definition) is 5. The van der Waals surface area contributed by atoms with E-state index < -0.39 is 0 Å². The Morgan fingerprint density at radius 2 is 2.06 bits per heavy atom. The molecule has 0 saturated heterocycles. The molecule has 1 aromatic heterocycles. The van der Waals surface area contributed by atoms with Crippen molar-refractivity contribution in [3.8, 4) is 0 Å². The van der Waals surface area contributed by atoms with E-state index in [0.29, 0.717) is 18.3 Å². The van der Waals surface area contributed by atoms with Gasteiger partial charge in [-0.25, -0.2) is 0 Å². The van der Waals surface area contributed by atoms with Gasteiger partial charge in [-0.2, -0.15) is 4.98 Å². The van der Waals surface area contributed by atoms with Crippen LogP contribution in [0.5, 0.6) is 0 Å². The number of likely N-dealkylation sites (N-methyl/N-ethyl adjacent to an activating group) is 1. The second kappa shape index (κ2) is 6.85. The number of nitrogens with one attached hydrogen (secondary N) is 1. The summed E-state index contributed by atoms with van der Waals surface area (Å²) in [6.45, 7) is 12.8. The lowest BCUT2D eigenvalue weighted by Crippen LogP contribution is -2.22. The molecule has 104 valence electrons. The summed E-state index contributed by atoms with van der Waals surface area (Å²) < 4.78 is 11.0. The smallest absolute Gasteiger partial charge is 0.228 e. The molecule has 1 N–H and O–H groups in total. The summed E-state index contributed by atoms with van der Waals surface area (Å²) in [4.78, 5) is 4.42. The molecule has 0 aliphatic carbocycles. The molecule has 0 amide bonds. The molecule has 0 fully saturated rings. The van der Waals surface area contributed by atoms with E-state index in [1.807, 2.05) is 6.92 Å². The Balaban J connectivity index is 2.69. The van der Waals surface area contributed by atoms with Gasteiger partial charge in [0, 0.05) is 19.6 Å². The van der Waals surface area contributed by atoms with Crippen LogP contribution in [0.4, 0.5) is 0 Å². The van der Waals surface area contributed by atoms with Crippen LogP contribution in [0.1, 0.15) is 52.4 Å². The van der Waals surface area contributed by atoms with E-state index in [1.165, 1.54) is 0 Å². The van der Waals surface area contributed by atoms with Crippen molar-refractivity contribution in [2.45, 2.75) is 47.1 Å². The average Bonchev–Trinajstić information content (AvgIpc) is 2.73. The number of nitrogens with zero attached hydrogens (tertiary/aromatic N) is 2. The van der Waals surface area contributed by atoms with E-state index in [1.54, 1.807) is 0 Å². The average molecular weight is 255 g/mol. The van der Waals surface area contributed by atoms with Crippen molar-refractivity contribution in [2.75, 3.05) is 19.7 Å². The number of aromatic nitrogens is 2. The summed E-state index contributed by atoms with van der Waals surface area (Å²) in [5, 5.41) is 7.27. The van der Waals surface area contributed by atoms with E-state index in [2.05, 4.69) is 43.2 Å². The highest BCUT2D eigenvalue weighted by Gasteiger charge is 2.31. The summed E-state index contributed by atoms with van der Waals surface area (Å²) in [7, 11) is 0. The number of hydrogen-bond donors (Lipinski definition) is 1. The fourth-order valence-electron chi connectivity index (χ4n) is 1.73. The minimum absolute atomic E-state index is 0.0428. The molecule has 1 atom stereocenters. The van der Waals surface area contributed by atoms with E-state index in [9.17, 15) is 0 Å². The van der Waals surface area contributed by atoms with Crippen molar-refractivity contribution in [3.63, 3.8) is 0 Å². The van der Waals surface area contributed by atoms with Crippen LogP contribution in [-0.4, -0.2) is 29.8 Å². The van der Waals surface area contributed by atoms with Gasteiger partial charge in [0.2, 0.25) is 11.7 Å². The first-order chi connectivity index (χ1) is 8.49. The molecule has 5 nitrogen and oxygen atoms in total. The van der Waals surface area contributed by atoms with Gasteiger partial charge in [-0.05, 0) is 18.9 Å². The van der Waals surface area contributed by atoms with E-state index in [4.69, 9.17) is 9.26 Å². The maximum atomic E-state index is 5.73. The van der Waals surface area contributed by atoms with Gasteiger partial charge in [-0.15, -0.1) is 0 Å². The Labute approximate surface area is 109 Å². The molecule has 0 aliphatic heterocycles. The highest BCUT2D eigenvalue weighted by molar-refractivity contribution is 4.96. The number of ether oxygens (including phenoxy) is 1. The molecule has 0 radical (unpaired) electrons. The molecule has 0 bridgehead atoms. The fraction of sp³-hybridized carbons (Fsp3) is 0.846. The normalized spacial score (nSPS) is 13.8. The number of rotatable bonds is 7. The molecular weight excluding hydrogens is 230 g/mol. The summed E-state index contributed by atoms with van der Waals surface area (Å²) >= 11 is 0. The van der Waals surface area contributed by atoms with E-state index in [0.717, 1.165) is 19.5 Å². The van der Waals surface area contributed by atoms with Crippen LogP contribution in [-0.2, 0) is 11.2 Å². The predicted molar refractivity (Wildman–Crippen MR) is 70.4 cm³/mol. The van der Waals surface area contributed by atoms with E-state index >= 15 is 0 Å². The third-order valence-corrected chi connectivity index (χ3v) is 2.60. The zero-order valence-corrected chi connectivity index (χ0v) is 12.1. The van der Waals surface area contributed by atoms with Crippen molar-refractivity contribution < 1.29 is 9.26 Å². The van der Waals surface area contributed by atoms with E-state index in [-0.39, 0.29) is 11.5 Å². The fourth-order valence-corrected chi connectivity index (χ4v) is 1.73. The van der Waals surface area contributed by atoms with Gasteiger partial charge in [0.25, 0.3) is 0 Å². The lowest BCUT2D eigenvalue weighted by Gasteiger charge is -2.27. The van der Waals surface area contributed by atoms with Crippen molar-refractivity contribution in [1.29, 1.82) is 0 Å². The molecule has 0 saturated carbocycles. The van der Waals surface area contributed by atoms with Gasteiger partial charge in [-0.1, -0.05) is 32.9 Å². The molecule has 0 aromatic carbocycles. The van der Waals surface area contributed by atoms with Crippen LogP contribution in [0.2, 0.25) is 0 Å². The molecular formula is C13H25N3O2. The highest BCUT2D eigenvalue weighted by Crippen LogP contribution is 2.34. The summed E-state index contributed by atoms with van der Waals surface area (Å²) in [6, 6.07) is 0. The van der Waals surface area contributed by atoms with Gasteiger partial charge < -0.3 is 14.6 Å². The first kappa shape index (κ1) is 15.1. The van der Waals surface area contributed by atoms with Crippen LogP contribution >= 0.6 is 0 Å². The van der Waals surface area contributed by atoms with Gasteiger partial charge in [-0.3, -0.25) is 0 Å². The second-order valence-corrected chi connectivity index (χ2v) is 5.35. The van der Waals surface area contributed by atoms with Crippen molar-refractivity contribution in [3.05, 3.63) is 11.7 Å². The quantitative estimate of drug-likeness (QED) is 0.758. The molecule has 5 heteroatoms.